The standard InChI is InChI=1S/C39H38N2O2/c1-24-11-13-27(14-12-24)37-34-22-31(15-16-32(34)19-25(2)36(37)38(26(3)42)43-39(4,5)6)29-10-8-9-28(20-29)30-17-18-35-33(21-30)23-40-41(35)7/h8-23,38H,1-7H3/t38-/m1/s1. The highest BCUT2D eigenvalue weighted by Crippen LogP contribution is 2.42. The average Bonchev–Trinajstić information content (AvgIpc) is 3.35. The highest BCUT2D eigenvalue weighted by molar-refractivity contribution is 6.03. The Morgan fingerprint density at radius 3 is 2.07 bits per heavy atom. The number of nitrogens with zero attached hydrogens (tertiary/aromatic N) is 2. The van der Waals surface area contributed by atoms with Gasteiger partial charge in [0.2, 0.25) is 0 Å². The number of hydrogen-bond acceptors (Lipinski definition) is 3. The van der Waals surface area contributed by atoms with E-state index in [1.165, 1.54) is 5.56 Å². The molecule has 1 heterocycles. The van der Waals surface area contributed by atoms with Crippen molar-refractivity contribution < 1.29 is 9.53 Å². The Morgan fingerprint density at radius 1 is 0.767 bits per heavy atom. The van der Waals surface area contributed by atoms with Gasteiger partial charge in [0.1, 0.15) is 6.10 Å². The fraction of sp³-hybridized carbons (Fsp3) is 0.231. The van der Waals surface area contributed by atoms with Crippen LogP contribution in [0.2, 0.25) is 0 Å². The van der Waals surface area contributed by atoms with Gasteiger partial charge in [-0.05, 0) is 121 Å². The molecule has 43 heavy (non-hydrogen) atoms. The number of carbonyl (C=O) groups is 1. The first-order chi connectivity index (χ1) is 20.5. The van der Waals surface area contributed by atoms with Crippen molar-refractivity contribution in [1.29, 1.82) is 0 Å². The maximum Gasteiger partial charge on any atom is 0.163 e. The molecule has 0 bridgehead atoms. The molecule has 1 aromatic heterocycles. The molecule has 6 aromatic rings. The van der Waals surface area contributed by atoms with E-state index < -0.39 is 11.7 Å². The van der Waals surface area contributed by atoms with Gasteiger partial charge in [-0.25, -0.2) is 0 Å². The summed E-state index contributed by atoms with van der Waals surface area (Å²) in [6, 6.07) is 32.6. The van der Waals surface area contributed by atoms with Crippen molar-refractivity contribution in [1.82, 2.24) is 9.78 Å². The Balaban J connectivity index is 1.55. The lowest BCUT2D eigenvalue weighted by molar-refractivity contribution is -0.138. The van der Waals surface area contributed by atoms with Crippen molar-refractivity contribution >= 4 is 27.5 Å². The summed E-state index contributed by atoms with van der Waals surface area (Å²) >= 11 is 0. The lowest BCUT2D eigenvalue weighted by Crippen LogP contribution is -2.27. The van der Waals surface area contributed by atoms with E-state index in [2.05, 4.69) is 110 Å². The number of aryl methyl sites for hydroxylation is 3. The van der Waals surface area contributed by atoms with Gasteiger partial charge < -0.3 is 4.74 Å². The van der Waals surface area contributed by atoms with Crippen LogP contribution in [-0.2, 0) is 16.6 Å². The summed E-state index contributed by atoms with van der Waals surface area (Å²) in [5, 5.41) is 7.77. The van der Waals surface area contributed by atoms with Crippen molar-refractivity contribution in [3.05, 3.63) is 114 Å². The summed E-state index contributed by atoms with van der Waals surface area (Å²) in [4.78, 5) is 13.2. The first-order valence-electron chi connectivity index (χ1n) is 14.8. The molecule has 0 amide bonds. The topological polar surface area (TPSA) is 44.1 Å². The van der Waals surface area contributed by atoms with Crippen LogP contribution in [0.5, 0.6) is 0 Å². The fourth-order valence-electron chi connectivity index (χ4n) is 6.02. The molecule has 0 unspecified atom stereocenters. The zero-order valence-electron chi connectivity index (χ0n) is 26.0. The van der Waals surface area contributed by atoms with Crippen molar-refractivity contribution in [2.45, 2.75) is 53.2 Å². The van der Waals surface area contributed by atoms with E-state index >= 15 is 0 Å². The Hall–Kier alpha value is -4.54. The second kappa shape index (κ2) is 10.9. The molecule has 0 radical (unpaired) electrons. The first-order valence-corrected chi connectivity index (χ1v) is 14.8. The monoisotopic (exact) mass is 566 g/mol. The molecule has 216 valence electrons. The number of carbonyl (C=O) groups excluding carboxylic acids is 1. The second-order valence-corrected chi connectivity index (χ2v) is 12.6. The van der Waals surface area contributed by atoms with Gasteiger partial charge in [0.15, 0.2) is 5.78 Å². The van der Waals surface area contributed by atoms with E-state index in [0.717, 1.165) is 66.2 Å². The minimum atomic E-state index is -0.671. The molecule has 6 rings (SSSR count). The summed E-state index contributed by atoms with van der Waals surface area (Å²) < 4.78 is 8.36. The summed E-state index contributed by atoms with van der Waals surface area (Å²) in [5.74, 6) is 0.000164. The molecular formula is C39H38N2O2. The smallest absolute Gasteiger partial charge is 0.163 e. The molecule has 4 heteroatoms. The number of hydrogen-bond donors (Lipinski definition) is 0. The lowest BCUT2D eigenvalue weighted by Gasteiger charge is -2.29. The van der Waals surface area contributed by atoms with Crippen LogP contribution < -0.4 is 0 Å². The van der Waals surface area contributed by atoms with Crippen LogP contribution in [0.3, 0.4) is 0 Å². The van der Waals surface area contributed by atoms with Crippen LogP contribution in [-0.4, -0.2) is 21.2 Å². The van der Waals surface area contributed by atoms with Crippen LogP contribution in [0.1, 0.15) is 50.5 Å². The normalized spacial score (nSPS) is 12.6. The van der Waals surface area contributed by atoms with Crippen LogP contribution in [0, 0.1) is 13.8 Å². The second-order valence-electron chi connectivity index (χ2n) is 12.6. The van der Waals surface area contributed by atoms with Gasteiger partial charge >= 0.3 is 0 Å². The SMILES string of the molecule is CC(=O)[C@@H](OC(C)(C)C)c1c(C)cc2ccc(-c3cccc(-c4ccc5c(cnn5C)c4)c3)cc2c1-c1ccc(C)cc1. The summed E-state index contributed by atoms with van der Waals surface area (Å²) in [5.41, 5.74) is 10.5. The van der Waals surface area contributed by atoms with E-state index in [1.807, 2.05) is 38.7 Å². The molecule has 5 aromatic carbocycles. The van der Waals surface area contributed by atoms with Crippen LogP contribution >= 0.6 is 0 Å². The number of Topliss-reactive ketones (excluding diaryl/α,β-unsaturated/α-hetero) is 1. The molecular weight excluding hydrogens is 528 g/mol. The predicted molar refractivity (Wildman–Crippen MR) is 178 cm³/mol. The summed E-state index contributed by atoms with van der Waals surface area (Å²) in [6.07, 6.45) is 1.24. The van der Waals surface area contributed by atoms with Gasteiger partial charge in [-0.1, -0.05) is 72.3 Å². The fourth-order valence-corrected chi connectivity index (χ4v) is 6.02. The molecule has 0 aliphatic heterocycles. The third kappa shape index (κ3) is 5.63. The Bertz CT molecular complexity index is 1990. The minimum Gasteiger partial charge on any atom is -0.360 e. The molecule has 1 atom stereocenters. The molecule has 0 saturated heterocycles. The Labute approximate surface area is 253 Å². The first kappa shape index (κ1) is 28.6. The van der Waals surface area contributed by atoms with E-state index in [0.29, 0.717) is 0 Å². The summed E-state index contributed by atoms with van der Waals surface area (Å²) in [6.45, 7) is 11.8. The van der Waals surface area contributed by atoms with E-state index in [9.17, 15) is 4.79 Å². The number of fused-ring (bicyclic) bond motifs is 2. The lowest BCUT2D eigenvalue weighted by atomic mass is 9.85. The third-order valence-corrected chi connectivity index (χ3v) is 8.11. The molecule has 0 N–H and O–H groups in total. The highest BCUT2D eigenvalue weighted by atomic mass is 16.5. The third-order valence-electron chi connectivity index (χ3n) is 8.11. The van der Waals surface area contributed by atoms with Gasteiger partial charge in [-0.3, -0.25) is 9.48 Å². The maximum atomic E-state index is 13.2. The number of rotatable bonds is 6. The molecule has 0 aliphatic carbocycles. The highest BCUT2D eigenvalue weighted by Gasteiger charge is 2.29. The number of aromatic nitrogens is 2. The minimum absolute atomic E-state index is 0.000164. The Morgan fingerprint density at radius 2 is 1.40 bits per heavy atom. The quantitative estimate of drug-likeness (QED) is 0.202. The van der Waals surface area contributed by atoms with Crippen LogP contribution in [0.4, 0.5) is 0 Å². The average molecular weight is 567 g/mol. The van der Waals surface area contributed by atoms with Crippen molar-refractivity contribution in [3.8, 4) is 33.4 Å². The van der Waals surface area contributed by atoms with E-state index in [-0.39, 0.29) is 5.78 Å². The van der Waals surface area contributed by atoms with Crippen molar-refractivity contribution in [2.75, 3.05) is 0 Å². The number of ketones is 1. The molecule has 0 spiro atoms. The summed E-state index contributed by atoms with van der Waals surface area (Å²) in [7, 11) is 1.97. The largest absolute Gasteiger partial charge is 0.360 e. The predicted octanol–water partition coefficient (Wildman–Crippen LogP) is 9.79. The maximum absolute atomic E-state index is 13.2. The zero-order chi connectivity index (χ0) is 30.5. The van der Waals surface area contributed by atoms with Gasteiger partial charge in [0, 0.05) is 12.4 Å². The molecule has 4 nitrogen and oxygen atoms in total. The van der Waals surface area contributed by atoms with Crippen molar-refractivity contribution in [3.63, 3.8) is 0 Å². The van der Waals surface area contributed by atoms with Gasteiger partial charge in [0.05, 0.1) is 17.3 Å². The van der Waals surface area contributed by atoms with Gasteiger partial charge in [-0.15, -0.1) is 0 Å². The van der Waals surface area contributed by atoms with Gasteiger partial charge in [-0.2, -0.15) is 5.10 Å². The Kier molecular flexibility index (Phi) is 7.27. The molecule has 0 saturated carbocycles. The van der Waals surface area contributed by atoms with Crippen LogP contribution in [0.25, 0.3) is 55.1 Å². The van der Waals surface area contributed by atoms with Crippen molar-refractivity contribution in [2.24, 2.45) is 7.05 Å². The van der Waals surface area contributed by atoms with E-state index in [1.54, 1.807) is 6.92 Å². The van der Waals surface area contributed by atoms with Gasteiger partial charge in [0.25, 0.3) is 0 Å². The molecule has 0 aliphatic rings. The zero-order valence-corrected chi connectivity index (χ0v) is 26.0. The van der Waals surface area contributed by atoms with Crippen LogP contribution in [0.15, 0.2) is 97.2 Å². The number of benzene rings is 5. The number of ether oxygens (including phenoxy) is 1. The molecule has 0 fully saturated rings. The van der Waals surface area contributed by atoms with E-state index in [4.69, 9.17) is 4.74 Å².